The second-order valence-electron chi connectivity index (χ2n) is 6.30. The first-order chi connectivity index (χ1) is 11.5. The number of carbonyl (C=O) groups excluding carboxylic acids is 1. The number of aryl methyl sites for hydroxylation is 2. The molecule has 0 radical (unpaired) electrons. The highest BCUT2D eigenvalue weighted by molar-refractivity contribution is 5.95. The van der Waals surface area contributed by atoms with Crippen LogP contribution in [0.1, 0.15) is 27.0 Å². The molecule has 1 amide bonds. The smallest absolute Gasteiger partial charge is 0.251 e. The zero-order valence-electron chi connectivity index (χ0n) is 14.9. The molecule has 0 spiro atoms. The molecule has 0 bridgehead atoms. The van der Waals surface area contributed by atoms with E-state index in [1.165, 1.54) is 0 Å². The molecule has 2 rings (SSSR count). The summed E-state index contributed by atoms with van der Waals surface area (Å²) in [6.07, 6.45) is 0. The van der Waals surface area contributed by atoms with Gasteiger partial charge in [-0.2, -0.15) is 0 Å². The summed E-state index contributed by atoms with van der Waals surface area (Å²) in [5, 5.41) is 2.97. The fraction of sp³-hybridized carbons (Fsp3) is 0.350. The van der Waals surface area contributed by atoms with Crippen LogP contribution in [-0.2, 0) is 6.54 Å². The van der Waals surface area contributed by atoms with Crippen LogP contribution in [0.2, 0.25) is 0 Å². The Balaban J connectivity index is 1.87. The fourth-order valence-electron chi connectivity index (χ4n) is 2.31. The first-order valence-electron chi connectivity index (χ1n) is 8.17. The van der Waals surface area contributed by atoms with Gasteiger partial charge in [-0.3, -0.25) is 4.79 Å². The van der Waals surface area contributed by atoms with Crippen molar-refractivity contribution in [1.29, 1.82) is 0 Å². The normalized spacial score (nSPS) is 10.7. The first-order valence-corrected chi connectivity index (χ1v) is 8.17. The molecule has 0 atom stereocenters. The minimum atomic E-state index is -0.0393. The standard InChI is InChI=1S/C20H26N2O2/c1-15-5-6-16(2)19(13-15)20(23)21-14-17-7-9-18(10-8-17)24-12-11-22(3)4/h5-10,13H,11-12,14H2,1-4H3,(H,21,23). The van der Waals surface area contributed by atoms with Gasteiger partial charge in [0.1, 0.15) is 12.4 Å². The topological polar surface area (TPSA) is 41.6 Å². The van der Waals surface area contributed by atoms with Gasteiger partial charge in [0.2, 0.25) is 0 Å². The summed E-state index contributed by atoms with van der Waals surface area (Å²) in [5.74, 6) is 0.809. The first kappa shape index (κ1) is 18.0. The monoisotopic (exact) mass is 326 g/mol. The summed E-state index contributed by atoms with van der Waals surface area (Å²) in [7, 11) is 4.04. The van der Waals surface area contributed by atoms with Crippen LogP contribution in [0.3, 0.4) is 0 Å². The van der Waals surface area contributed by atoms with Gasteiger partial charge in [0.15, 0.2) is 0 Å². The van der Waals surface area contributed by atoms with Crippen molar-refractivity contribution < 1.29 is 9.53 Å². The molecule has 4 heteroatoms. The summed E-state index contributed by atoms with van der Waals surface area (Å²) in [4.78, 5) is 14.4. The Kier molecular flexibility index (Phi) is 6.38. The van der Waals surface area contributed by atoms with Gasteiger partial charge in [0.25, 0.3) is 5.91 Å². The van der Waals surface area contributed by atoms with Crippen LogP contribution in [0.5, 0.6) is 5.75 Å². The molecular weight excluding hydrogens is 300 g/mol. The average molecular weight is 326 g/mol. The third-order valence-electron chi connectivity index (χ3n) is 3.82. The van der Waals surface area contributed by atoms with Gasteiger partial charge in [-0.05, 0) is 57.3 Å². The molecule has 0 aromatic heterocycles. The van der Waals surface area contributed by atoms with Gasteiger partial charge >= 0.3 is 0 Å². The van der Waals surface area contributed by atoms with Crippen LogP contribution < -0.4 is 10.1 Å². The van der Waals surface area contributed by atoms with Crippen molar-refractivity contribution in [3.05, 3.63) is 64.7 Å². The van der Waals surface area contributed by atoms with E-state index in [4.69, 9.17) is 4.74 Å². The number of rotatable bonds is 7. The van der Waals surface area contributed by atoms with Gasteiger partial charge in [0.05, 0.1) is 0 Å². The minimum absolute atomic E-state index is 0.0393. The second kappa shape index (κ2) is 8.50. The van der Waals surface area contributed by atoms with E-state index in [1.54, 1.807) is 0 Å². The number of amides is 1. The van der Waals surface area contributed by atoms with Gasteiger partial charge in [-0.1, -0.05) is 29.8 Å². The Morgan fingerprint density at radius 2 is 1.79 bits per heavy atom. The predicted molar refractivity (Wildman–Crippen MR) is 97.6 cm³/mol. The van der Waals surface area contributed by atoms with E-state index in [9.17, 15) is 4.79 Å². The highest BCUT2D eigenvalue weighted by atomic mass is 16.5. The molecule has 0 saturated carbocycles. The molecule has 2 aromatic rings. The van der Waals surface area contributed by atoms with Crippen LogP contribution in [0.25, 0.3) is 0 Å². The summed E-state index contributed by atoms with van der Waals surface area (Å²) >= 11 is 0. The second-order valence-corrected chi connectivity index (χ2v) is 6.30. The minimum Gasteiger partial charge on any atom is -0.492 e. The van der Waals surface area contributed by atoms with Crippen molar-refractivity contribution in [1.82, 2.24) is 10.2 Å². The summed E-state index contributed by atoms with van der Waals surface area (Å²) < 4.78 is 5.67. The van der Waals surface area contributed by atoms with Crippen LogP contribution >= 0.6 is 0 Å². The maximum absolute atomic E-state index is 12.3. The number of benzene rings is 2. The number of hydrogen-bond donors (Lipinski definition) is 1. The van der Waals surface area contributed by atoms with Gasteiger partial charge < -0.3 is 15.0 Å². The molecule has 0 aliphatic carbocycles. The Morgan fingerprint density at radius 1 is 1.08 bits per heavy atom. The maximum Gasteiger partial charge on any atom is 0.251 e. The SMILES string of the molecule is Cc1ccc(C)c(C(=O)NCc2ccc(OCCN(C)C)cc2)c1. The average Bonchev–Trinajstić information content (AvgIpc) is 2.55. The number of carbonyl (C=O) groups is 1. The quantitative estimate of drug-likeness (QED) is 0.850. The van der Waals surface area contributed by atoms with Gasteiger partial charge in [-0.15, -0.1) is 0 Å². The summed E-state index contributed by atoms with van der Waals surface area (Å²) in [5.41, 5.74) is 3.86. The van der Waals surface area contributed by atoms with E-state index in [1.807, 2.05) is 70.4 Å². The highest BCUT2D eigenvalue weighted by Gasteiger charge is 2.08. The van der Waals surface area contributed by atoms with Crippen molar-refractivity contribution in [2.75, 3.05) is 27.2 Å². The van der Waals surface area contributed by atoms with Crippen LogP contribution in [0.15, 0.2) is 42.5 Å². The molecule has 0 fully saturated rings. The number of nitrogens with one attached hydrogen (secondary N) is 1. The van der Waals surface area contributed by atoms with Crippen molar-refractivity contribution in [3.63, 3.8) is 0 Å². The lowest BCUT2D eigenvalue weighted by atomic mass is 10.0. The predicted octanol–water partition coefficient (Wildman–Crippen LogP) is 3.17. The van der Waals surface area contributed by atoms with E-state index in [0.29, 0.717) is 13.2 Å². The third-order valence-corrected chi connectivity index (χ3v) is 3.82. The number of nitrogens with zero attached hydrogens (tertiary/aromatic N) is 1. The van der Waals surface area contributed by atoms with Crippen LogP contribution in [-0.4, -0.2) is 38.1 Å². The zero-order valence-corrected chi connectivity index (χ0v) is 14.9. The van der Waals surface area contributed by atoms with Crippen molar-refractivity contribution in [2.45, 2.75) is 20.4 Å². The van der Waals surface area contributed by atoms with Crippen LogP contribution in [0.4, 0.5) is 0 Å². The van der Waals surface area contributed by atoms with E-state index in [0.717, 1.165) is 34.5 Å². The summed E-state index contributed by atoms with van der Waals surface area (Å²) in [6, 6.07) is 13.8. The molecule has 0 aliphatic rings. The lowest BCUT2D eigenvalue weighted by Gasteiger charge is -2.12. The van der Waals surface area contributed by atoms with Crippen molar-refractivity contribution >= 4 is 5.91 Å². The molecule has 0 heterocycles. The largest absolute Gasteiger partial charge is 0.492 e. The van der Waals surface area contributed by atoms with Crippen LogP contribution in [0, 0.1) is 13.8 Å². The lowest BCUT2D eigenvalue weighted by molar-refractivity contribution is 0.0950. The Hall–Kier alpha value is -2.33. The molecule has 128 valence electrons. The number of hydrogen-bond acceptors (Lipinski definition) is 3. The Morgan fingerprint density at radius 3 is 2.46 bits per heavy atom. The third kappa shape index (κ3) is 5.39. The molecule has 24 heavy (non-hydrogen) atoms. The molecule has 4 nitrogen and oxygen atoms in total. The van der Waals surface area contributed by atoms with E-state index in [-0.39, 0.29) is 5.91 Å². The molecule has 2 aromatic carbocycles. The lowest BCUT2D eigenvalue weighted by Crippen LogP contribution is -2.23. The maximum atomic E-state index is 12.3. The summed E-state index contributed by atoms with van der Waals surface area (Å²) in [6.45, 7) is 5.99. The van der Waals surface area contributed by atoms with Crippen molar-refractivity contribution in [3.8, 4) is 5.75 Å². The molecule has 0 aliphatic heterocycles. The van der Waals surface area contributed by atoms with Gasteiger partial charge in [0, 0.05) is 18.7 Å². The zero-order chi connectivity index (χ0) is 17.5. The molecular formula is C20H26N2O2. The molecule has 1 N–H and O–H groups in total. The van der Waals surface area contributed by atoms with E-state index < -0.39 is 0 Å². The Bertz CT molecular complexity index is 679. The fourth-order valence-corrected chi connectivity index (χ4v) is 2.31. The number of ether oxygens (including phenoxy) is 1. The van der Waals surface area contributed by atoms with E-state index >= 15 is 0 Å². The van der Waals surface area contributed by atoms with Gasteiger partial charge in [-0.25, -0.2) is 0 Å². The Labute approximate surface area is 144 Å². The number of likely N-dealkylation sites (N-methyl/N-ethyl adjacent to an activating group) is 1. The van der Waals surface area contributed by atoms with Crippen molar-refractivity contribution in [2.24, 2.45) is 0 Å². The van der Waals surface area contributed by atoms with E-state index in [2.05, 4.69) is 10.2 Å². The molecule has 0 saturated heterocycles. The highest BCUT2D eigenvalue weighted by Crippen LogP contribution is 2.13. The molecule has 0 unspecified atom stereocenters.